The van der Waals surface area contributed by atoms with Crippen molar-refractivity contribution >= 4 is 70.2 Å². The van der Waals surface area contributed by atoms with E-state index < -0.39 is 16.8 Å². The van der Waals surface area contributed by atoms with Gasteiger partial charge in [-0.25, -0.2) is 10.2 Å². The molecule has 1 N–H and O–H groups in total. The molecule has 0 atom stereocenters. The molecular formula is C21H11Cl4N3O5. The van der Waals surface area contributed by atoms with E-state index in [2.05, 4.69) is 10.5 Å². The number of hydrogen-bond donors (Lipinski definition) is 1. The summed E-state index contributed by atoms with van der Waals surface area (Å²) in [6, 6.07) is 12.0. The number of nitrogens with zero attached hydrogens (tertiary/aromatic N) is 2. The van der Waals surface area contributed by atoms with Crippen LogP contribution in [0.1, 0.15) is 26.3 Å². The standard InChI is InChI=1S/C21H11Cl4N3O5/c22-12-1-4-15(17(24)8-12)20(29)27-26-10-11-7-14(28(31)32)3-6-19(11)33-21(30)16-5-2-13(23)9-18(16)25/h1-10H,(H,27,29)/b26-10+. The molecule has 0 aromatic heterocycles. The van der Waals surface area contributed by atoms with E-state index in [4.69, 9.17) is 51.1 Å². The van der Waals surface area contributed by atoms with Crippen molar-refractivity contribution in [3.8, 4) is 5.75 Å². The number of halogens is 4. The van der Waals surface area contributed by atoms with E-state index in [9.17, 15) is 19.7 Å². The van der Waals surface area contributed by atoms with Crippen LogP contribution in [-0.2, 0) is 0 Å². The second-order valence-electron chi connectivity index (χ2n) is 6.32. The maximum atomic E-state index is 12.5. The monoisotopic (exact) mass is 525 g/mol. The highest BCUT2D eigenvalue weighted by Crippen LogP contribution is 2.26. The lowest BCUT2D eigenvalue weighted by Crippen LogP contribution is -2.18. The van der Waals surface area contributed by atoms with Gasteiger partial charge in [0.1, 0.15) is 5.75 Å². The van der Waals surface area contributed by atoms with E-state index in [0.29, 0.717) is 10.0 Å². The fourth-order valence-electron chi connectivity index (χ4n) is 2.55. The Bertz CT molecular complexity index is 1300. The lowest BCUT2D eigenvalue weighted by atomic mass is 10.2. The van der Waals surface area contributed by atoms with Gasteiger partial charge in [0.05, 0.1) is 32.3 Å². The fraction of sp³-hybridized carbons (Fsp3) is 0. The molecular weight excluding hydrogens is 516 g/mol. The number of non-ortho nitro benzene ring substituents is 1. The van der Waals surface area contributed by atoms with Gasteiger partial charge in [-0.15, -0.1) is 0 Å². The van der Waals surface area contributed by atoms with Crippen LogP contribution in [0.3, 0.4) is 0 Å². The first-order chi connectivity index (χ1) is 15.7. The third kappa shape index (κ3) is 6.21. The van der Waals surface area contributed by atoms with E-state index in [-0.39, 0.29) is 38.2 Å². The maximum absolute atomic E-state index is 12.5. The molecule has 0 saturated heterocycles. The first-order valence-corrected chi connectivity index (χ1v) is 10.4. The first kappa shape index (κ1) is 24.5. The van der Waals surface area contributed by atoms with Gasteiger partial charge in [0.25, 0.3) is 11.6 Å². The van der Waals surface area contributed by atoms with Gasteiger partial charge in [-0.3, -0.25) is 14.9 Å². The number of nitro benzene ring substituents is 1. The Labute approximate surface area is 206 Å². The van der Waals surface area contributed by atoms with Crippen molar-refractivity contribution in [2.75, 3.05) is 0 Å². The molecule has 3 aromatic carbocycles. The molecule has 0 bridgehead atoms. The Morgan fingerprint density at radius 3 is 2.09 bits per heavy atom. The number of rotatable bonds is 6. The zero-order valence-electron chi connectivity index (χ0n) is 16.2. The van der Waals surface area contributed by atoms with Crippen molar-refractivity contribution in [3.63, 3.8) is 0 Å². The summed E-state index contributed by atoms with van der Waals surface area (Å²) in [6.07, 6.45) is 1.08. The molecule has 8 nitrogen and oxygen atoms in total. The fourth-order valence-corrected chi connectivity index (χ4v) is 3.53. The van der Waals surface area contributed by atoms with E-state index >= 15 is 0 Å². The van der Waals surface area contributed by atoms with Gasteiger partial charge in [0, 0.05) is 27.7 Å². The topological polar surface area (TPSA) is 111 Å². The van der Waals surface area contributed by atoms with Crippen LogP contribution >= 0.6 is 46.4 Å². The molecule has 168 valence electrons. The molecule has 0 saturated carbocycles. The molecule has 0 aliphatic carbocycles. The molecule has 0 aliphatic rings. The average molecular weight is 527 g/mol. The van der Waals surface area contributed by atoms with Crippen molar-refractivity contribution in [1.82, 2.24) is 5.43 Å². The molecule has 1 amide bonds. The predicted octanol–water partition coefficient (Wildman–Crippen LogP) is 6.19. The molecule has 0 aliphatic heterocycles. The van der Waals surface area contributed by atoms with Crippen molar-refractivity contribution in [3.05, 3.63) is 101 Å². The van der Waals surface area contributed by atoms with Gasteiger partial charge < -0.3 is 4.74 Å². The molecule has 0 unspecified atom stereocenters. The van der Waals surface area contributed by atoms with E-state index in [1.165, 1.54) is 42.5 Å². The molecule has 0 radical (unpaired) electrons. The minimum atomic E-state index is -0.822. The number of ether oxygens (including phenoxy) is 1. The maximum Gasteiger partial charge on any atom is 0.345 e. The van der Waals surface area contributed by atoms with Crippen molar-refractivity contribution in [2.45, 2.75) is 0 Å². The van der Waals surface area contributed by atoms with Crippen LogP contribution in [0.4, 0.5) is 5.69 Å². The Morgan fingerprint density at radius 2 is 1.52 bits per heavy atom. The van der Waals surface area contributed by atoms with Crippen LogP contribution in [0.15, 0.2) is 59.7 Å². The second-order valence-corrected chi connectivity index (χ2v) is 8.00. The number of benzene rings is 3. The number of carbonyl (C=O) groups excluding carboxylic acids is 2. The zero-order valence-corrected chi connectivity index (χ0v) is 19.2. The first-order valence-electron chi connectivity index (χ1n) is 8.90. The van der Waals surface area contributed by atoms with Gasteiger partial charge in [-0.2, -0.15) is 5.10 Å². The van der Waals surface area contributed by atoms with Gasteiger partial charge in [-0.1, -0.05) is 46.4 Å². The summed E-state index contributed by atoms with van der Waals surface area (Å²) in [5, 5.41) is 15.8. The largest absolute Gasteiger partial charge is 0.422 e. The number of hydrazone groups is 1. The van der Waals surface area contributed by atoms with Crippen LogP contribution in [0, 0.1) is 10.1 Å². The highest BCUT2D eigenvalue weighted by atomic mass is 35.5. The summed E-state index contributed by atoms with van der Waals surface area (Å²) in [5.74, 6) is -1.53. The van der Waals surface area contributed by atoms with Gasteiger partial charge in [0.15, 0.2) is 0 Å². The number of esters is 1. The van der Waals surface area contributed by atoms with Crippen LogP contribution in [0.2, 0.25) is 20.1 Å². The number of nitro groups is 1. The second kappa shape index (κ2) is 10.6. The summed E-state index contributed by atoms with van der Waals surface area (Å²) in [6.45, 7) is 0. The van der Waals surface area contributed by atoms with Crippen LogP contribution in [0.5, 0.6) is 5.75 Å². The Hall–Kier alpha value is -3.17. The molecule has 3 aromatic rings. The van der Waals surface area contributed by atoms with Crippen LogP contribution in [-0.4, -0.2) is 23.0 Å². The third-order valence-electron chi connectivity index (χ3n) is 4.10. The van der Waals surface area contributed by atoms with E-state index in [0.717, 1.165) is 18.3 Å². The number of amides is 1. The quantitative estimate of drug-likeness (QED) is 0.135. The van der Waals surface area contributed by atoms with Crippen LogP contribution < -0.4 is 10.2 Å². The minimum absolute atomic E-state index is 0.0352. The third-order valence-corrected chi connectivity index (χ3v) is 5.20. The summed E-state index contributed by atoms with van der Waals surface area (Å²) in [7, 11) is 0. The van der Waals surface area contributed by atoms with Crippen molar-refractivity contribution in [1.29, 1.82) is 0 Å². The van der Waals surface area contributed by atoms with Crippen molar-refractivity contribution in [2.24, 2.45) is 5.10 Å². The molecule has 0 heterocycles. The van der Waals surface area contributed by atoms with Gasteiger partial charge >= 0.3 is 5.97 Å². The number of carbonyl (C=O) groups is 2. The summed E-state index contributed by atoms with van der Waals surface area (Å²) in [4.78, 5) is 35.3. The molecule has 3 rings (SSSR count). The SMILES string of the molecule is O=C(N/N=C/c1cc([N+](=O)[O-])ccc1OC(=O)c1ccc(Cl)cc1Cl)c1ccc(Cl)cc1Cl. The summed E-state index contributed by atoms with van der Waals surface area (Å²) >= 11 is 23.7. The van der Waals surface area contributed by atoms with E-state index in [1.807, 2.05) is 0 Å². The minimum Gasteiger partial charge on any atom is -0.422 e. The lowest BCUT2D eigenvalue weighted by Gasteiger charge is -2.09. The Balaban J connectivity index is 1.85. The lowest BCUT2D eigenvalue weighted by molar-refractivity contribution is -0.384. The average Bonchev–Trinajstić information content (AvgIpc) is 2.74. The Morgan fingerprint density at radius 1 is 0.909 bits per heavy atom. The highest BCUT2D eigenvalue weighted by Gasteiger charge is 2.17. The summed E-state index contributed by atoms with van der Waals surface area (Å²) in [5.41, 5.74) is 2.15. The van der Waals surface area contributed by atoms with Gasteiger partial charge in [-0.05, 0) is 42.5 Å². The number of hydrogen-bond acceptors (Lipinski definition) is 6. The Kier molecular flexibility index (Phi) is 7.88. The summed E-state index contributed by atoms with van der Waals surface area (Å²) < 4.78 is 5.33. The van der Waals surface area contributed by atoms with Crippen LogP contribution in [0.25, 0.3) is 0 Å². The molecule has 0 fully saturated rings. The number of nitrogens with one attached hydrogen (secondary N) is 1. The zero-order chi connectivity index (χ0) is 24.1. The molecule has 12 heteroatoms. The predicted molar refractivity (Wildman–Crippen MR) is 126 cm³/mol. The van der Waals surface area contributed by atoms with Gasteiger partial charge in [0.2, 0.25) is 0 Å². The smallest absolute Gasteiger partial charge is 0.345 e. The van der Waals surface area contributed by atoms with Crippen molar-refractivity contribution < 1.29 is 19.2 Å². The highest BCUT2D eigenvalue weighted by molar-refractivity contribution is 6.37. The normalized spacial score (nSPS) is 10.8. The molecule has 33 heavy (non-hydrogen) atoms. The van der Waals surface area contributed by atoms with E-state index in [1.54, 1.807) is 0 Å². The molecule has 0 spiro atoms.